The number of guanidine groups is 1. The summed E-state index contributed by atoms with van der Waals surface area (Å²) in [4.78, 5) is 4.65. The van der Waals surface area contributed by atoms with Crippen molar-refractivity contribution in [2.24, 2.45) is 10.9 Å². The Morgan fingerprint density at radius 2 is 2.12 bits per heavy atom. The van der Waals surface area contributed by atoms with E-state index < -0.39 is 0 Å². The summed E-state index contributed by atoms with van der Waals surface area (Å²) in [6.07, 6.45) is 4.45. The molecule has 0 aliphatic carbocycles. The lowest BCUT2D eigenvalue weighted by Gasteiger charge is -2.13. The minimum atomic E-state index is 0.458. The number of nitrogens with zero attached hydrogens (tertiary/aromatic N) is 4. The Hall–Kier alpha value is -2.83. The van der Waals surface area contributed by atoms with Gasteiger partial charge in [0.25, 0.3) is 0 Å². The van der Waals surface area contributed by atoms with Gasteiger partial charge in [-0.3, -0.25) is 4.40 Å². The maximum atomic E-state index is 5.36. The molecule has 3 rings (SSSR count). The van der Waals surface area contributed by atoms with Crippen molar-refractivity contribution in [1.29, 1.82) is 0 Å². The van der Waals surface area contributed by atoms with Crippen LogP contribution in [0.5, 0.6) is 0 Å². The molecule has 0 atom stereocenters. The predicted molar refractivity (Wildman–Crippen MR) is 97.4 cm³/mol. The number of hydrogen-bond acceptors (Lipinski definition) is 4. The van der Waals surface area contributed by atoms with Gasteiger partial charge in [-0.15, -0.1) is 10.2 Å². The average molecular weight is 340 g/mol. The first kappa shape index (κ1) is 17.0. The molecule has 0 aliphatic rings. The number of fused-ring (bicyclic) bond motifs is 1. The molecule has 0 spiro atoms. The number of pyridine rings is 1. The second-order valence-corrected chi connectivity index (χ2v) is 6.24. The first-order valence-electron chi connectivity index (χ1n) is 8.55. The van der Waals surface area contributed by atoms with Gasteiger partial charge in [0.2, 0.25) is 0 Å². The van der Waals surface area contributed by atoms with Crippen LogP contribution in [0.1, 0.15) is 25.4 Å². The number of furan rings is 1. The molecule has 3 aromatic rings. The van der Waals surface area contributed by atoms with E-state index in [0.29, 0.717) is 12.5 Å². The van der Waals surface area contributed by atoms with Crippen molar-refractivity contribution in [1.82, 2.24) is 25.2 Å². The van der Waals surface area contributed by atoms with Gasteiger partial charge in [0.05, 0.1) is 6.26 Å². The lowest BCUT2D eigenvalue weighted by molar-refractivity contribution is 0.506. The van der Waals surface area contributed by atoms with E-state index in [0.717, 1.165) is 42.7 Å². The molecule has 7 heteroatoms. The van der Waals surface area contributed by atoms with E-state index in [2.05, 4.69) is 39.7 Å². The smallest absolute Gasteiger partial charge is 0.191 e. The fourth-order valence-electron chi connectivity index (χ4n) is 2.38. The topological polar surface area (TPSA) is 79.8 Å². The summed E-state index contributed by atoms with van der Waals surface area (Å²) in [5, 5.41) is 15.1. The molecule has 2 N–H and O–H groups in total. The van der Waals surface area contributed by atoms with Gasteiger partial charge >= 0.3 is 0 Å². The largest absolute Gasteiger partial charge is 0.469 e. The van der Waals surface area contributed by atoms with Crippen molar-refractivity contribution in [3.8, 4) is 0 Å². The quantitative estimate of drug-likeness (QED) is 0.509. The Labute approximate surface area is 147 Å². The number of aromatic nitrogens is 3. The summed E-state index contributed by atoms with van der Waals surface area (Å²) in [6, 6.07) is 9.71. The molecule has 0 saturated heterocycles. The van der Waals surface area contributed by atoms with Crippen molar-refractivity contribution in [3.63, 3.8) is 0 Å². The van der Waals surface area contributed by atoms with E-state index in [1.165, 1.54) is 0 Å². The molecular formula is C18H24N6O. The third kappa shape index (κ3) is 4.82. The molecule has 132 valence electrons. The first-order chi connectivity index (χ1) is 12.2. The summed E-state index contributed by atoms with van der Waals surface area (Å²) in [7, 11) is 0. The summed E-state index contributed by atoms with van der Waals surface area (Å²) < 4.78 is 7.31. The Balaban J connectivity index is 1.63. The molecule has 3 aromatic heterocycles. The number of hydrogen-bond donors (Lipinski definition) is 2. The highest BCUT2D eigenvalue weighted by Crippen LogP contribution is 2.04. The zero-order chi connectivity index (χ0) is 17.5. The summed E-state index contributed by atoms with van der Waals surface area (Å²) >= 11 is 0. The zero-order valence-electron chi connectivity index (χ0n) is 14.6. The van der Waals surface area contributed by atoms with Crippen molar-refractivity contribution in [3.05, 3.63) is 54.4 Å². The van der Waals surface area contributed by atoms with Crippen molar-refractivity contribution >= 4 is 11.6 Å². The van der Waals surface area contributed by atoms with Crippen LogP contribution in [0.3, 0.4) is 0 Å². The van der Waals surface area contributed by atoms with Crippen LogP contribution in [-0.2, 0) is 13.0 Å². The normalized spacial score (nSPS) is 12.0. The van der Waals surface area contributed by atoms with Gasteiger partial charge in [0.1, 0.15) is 12.3 Å². The van der Waals surface area contributed by atoms with E-state index in [1.807, 2.05) is 40.9 Å². The monoisotopic (exact) mass is 340 g/mol. The Kier molecular flexibility index (Phi) is 5.66. The lowest BCUT2D eigenvalue weighted by Crippen LogP contribution is -2.40. The zero-order valence-corrected chi connectivity index (χ0v) is 14.6. The molecule has 25 heavy (non-hydrogen) atoms. The van der Waals surface area contributed by atoms with Crippen molar-refractivity contribution < 1.29 is 4.42 Å². The summed E-state index contributed by atoms with van der Waals surface area (Å²) in [5.74, 6) is 3.07. The molecule has 0 aromatic carbocycles. The van der Waals surface area contributed by atoms with Crippen LogP contribution >= 0.6 is 0 Å². The van der Waals surface area contributed by atoms with Crippen LogP contribution in [0.2, 0.25) is 0 Å². The summed E-state index contributed by atoms with van der Waals surface area (Å²) in [5.41, 5.74) is 0.829. The highest BCUT2D eigenvalue weighted by atomic mass is 16.3. The second kappa shape index (κ2) is 8.32. The molecule has 0 saturated carbocycles. The van der Waals surface area contributed by atoms with Gasteiger partial charge in [-0.1, -0.05) is 19.9 Å². The van der Waals surface area contributed by atoms with Crippen LogP contribution in [0, 0.1) is 5.92 Å². The highest BCUT2D eigenvalue weighted by Gasteiger charge is 2.06. The van der Waals surface area contributed by atoms with Gasteiger partial charge < -0.3 is 15.1 Å². The molecule has 0 aliphatic heterocycles. The van der Waals surface area contributed by atoms with Crippen LogP contribution < -0.4 is 10.6 Å². The molecule has 3 heterocycles. The molecule has 0 radical (unpaired) electrons. The highest BCUT2D eigenvalue weighted by molar-refractivity contribution is 5.79. The van der Waals surface area contributed by atoms with Gasteiger partial charge in [-0.05, 0) is 30.2 Å². The Morgan fingerprint density at radius 1 is 1.20 bits per heavy atom. The van der Waals surface area contributed by atoms with Crippen LogP contribution in [0.4, 0.5) is 0 Å². The van der Waals surface area contributed by atoms with Crippen LogP contribution in [0.15, 0.2) is 52.2 Å². The van der Waals surface area contributed by atoms with Gasteiger partial charge in [-0.25, -0.2) is 4.99 Å². The third-order valence-electron chi connectivity index (χ3n) is 3.68. The molecule has 0 amide bonds. The van der Waals surface area contributed by atoms with Crippen LogP contribution in [-0.4, -0.2) is 33.6 Å². The summed E-state index contributed by atoms with van der Waals surface area (Å²) in [6.45, 7) is 6.39. The Bertz CT molecular complexity index is 806. The van der Waals surface area contributed by atoms with Gasteiger partial charge in [-0.2, -0.15) is 0 Å². The second-order valence-electron chi connectivity index (χ2n) is 6.24. The van der Waals surface area contributed by atoms with Crippen molar-refractivity contribution in [2.45, 2.75) is 26.8 Å². The minimum absolute atomic E-state index is 0.458. The fourth-order valence-corrected chi connectivity index (χ4v) is 2.38. The SMILES string of the molecule is CC(C)CNC(=NCc1nnc2ccccn12)NCCc1ccco1. The maximum Gasteiger partial charge on any atom is 0.191 e. The first-order valence-corrected chi connectivity index (χ1v) is 8.55. The van der Waals surface area contributed by atoms with E-state index in [1.54, 1.807) is 6.26 Å². The van der Waals surface area contributed by atoms with E-state index in [9.17, 15) is 0 Å². The molecular weight excluding hydrogens is 316 g/mol. The number of rotatable bonds is 7. The van der Waals surface area contributed by atoms with Gasteiger partial charge in [0.15, 0.2) is 17.4 Å². The average Bonchev–Trinajstić information content (AvgIpc) is 3.26. The van der Waals surface area contributed by atoms with E-state index in [4.69, 9.17) is 4.42 Å². The number of aliphatic imine (C=N–C) groups is 1. The molecule has 7 nitrogen and oxygen atoms in total. The third-order valence-corrected chi connectivity index (χ3v) is 3.68. The minimum Gasteiger partial charge on any atom is -0.469 e. The van der Waals surface area contributed by atoms with Crippen molar-refractivity contribution in [2.75, 3.05) is 13.1 Å². The van der Waals surface area contributed by atoms with Gasteiger partial charge in [0, 0.05) is 25.7 Å². The Morgan fingerprint density at radius 3 is 2.92 bits per heavy atom. The lowest BCUT2D eigenvalue weighted by atomic mass is 10.2. The van der Waals surface area contributed by atoms with E-state index >= 15 is 0 Å². The molecule has 0 fully saturated rings. The number of nitrogens with one attached hydrogen (secondary N) is 2. The standard InChI is InChI=1S/C18H24N6O/c1-14(2)12-20-18(19-9-8-15-6-5-11-25-15)21-13-17-23-22-16-7-3-4-10-24(16)17/h3-7,10-11,14H,8-9,12-13H2,1-2H3,(H2,19,20,21). The maximum absolute atomic E-state index is 5.36. The van der Waals surface area contributed by atoms with Crippen LogP contribution in [0.25, 0.3) is 5.65 Å². The molecule has 0 bridgehead atoms. The predicted octanol–water partition coefficient (Wildman–Crippen LogP) is 2.26. The fraction of sp³-hybridized carbons (Fsp3) is 0.389. The van der Waals surface area contributed by atoms with E-state index in [-0.39, 0.29) is 0 Å². The molecule has 0 unspecified atom stereocenters.